The third-order valence-electron chi connectivity index (χ3n) is 5.51. The lowest BCUT2D eigenvalue weighted by Gasteiger charge is -2.44. The molecule has 3 heterocycles. The quantitative estimate of drug-likeness (QED) is 0.692. The molecule has 7 nitrogen and oxygen atoms in total. The second kappa shape index (κ2) is 7.11. The van der Waals surface area contributed by atoms with Crippen LogP contribution in [0.3, 0.4) is 0 Å². The van der Waals surface area contributed by atoms with E-state index in [0.717, 1.165) is 16.8 Å². The van der Waals surface area contributed by atoms with E-state index in [-0.39, 0.29) is 18.4 Å². The molecule has 1 atom stereocenters. The molecule has 1 N–H and O–H groups in total. The molecule has 0 radical (unpaired) electrons. The highest BCUT2D eigenvalue weighted by atomic mass is 16.3. The van der Waals surface area contributed by atoms with E-state index in [1.165, 1.54) is 0 Å². The summed E-state index contributed by atoms with van der Waals surface area (Å²) < 4.78 is 7.08. The third kappa shape index (κ3) is 3.65. The van der Waals surface area contributed by atoms with Gasteiger partial charge in [0.1, 0.15) is 16.9 Å². The Morgan fingerprint density at radius 2 is 1.94 bits per heavy atom. The Morgan fingerprint density at radius 3 is 2.58 bits per heavy atom. The van der Waals surface area contributed by atoms with Gasteiger partial charge in [-0.05, 0) is 70.9 Å². The smallest absolute Gasteiger partial charge is 0.277 e. The van der Waals surface area contributed by atoms with Crippen molar-refractivity contribution in [2.24, 2.45) is 0 Å². The standard InChI is InChI=1S/C24H28N4O3/c1-15-9-10-16(2)18(12-15)28-21(29)19-13-17(20-8-7-11-31-20)26-27(19)14-24(28,6)22(30)25-23(3,4)5/h7-13H,14H2,1-6H3,(H,25,30)/t24-/m0/s1. The fourth-order valence-electron chi connectivity index (χ4n) is 3.94. The number of hydrogen-bond donors (Lipinski definition) is 1. The molecular weight excluding hydrogens is 392 g/mol. The number of benzene rings is 1. The second-order valence-electron chi connectivity index (χ2n) is 9.46. The highest BCUT2D eigenvalue weighted by molar-refractivity contribution is 6.12. The van der Waals surface area contributed by atoms with Gasteiger partial charge in [0.15, 0.2) is 5.76 Å². The Bertz CT molecular complexity index is 1150. The molecule has 0 saturated heterocycles. The van der Waals surface area contributed by atoms with Crippen molar-refractivity contribution < 1.29 is 14.0 Å². The van der Waals surface area contributed by atoms with Gasteiger partial charge < -0.3 is 9.73 Å². The number of furan rings is 1. The normalized spacial score (nSPS) is 18.8. The second-order valence-corrected chi connectivity index (χ2v) is 9.46. The molecule has 0 bridgehead atoms. The van der Waals surface area contributed by atoms with E-state index in [1.807, 2.05) is 52.8 Å². The number of hydrogen-bond acceptors (Lipinski definition) is 4. The van der Waals surface area contributed by atoms with Gasteiger partial charge in [0.05, 0.1) is 12.8 Å². The first-order valence-corrected chi connectivity index (χ1v) is 10.4. The van der Waals surface area contributed by atoms with Gasteiger partial charge in [-0.1, -0.05) is 12.1 Å². The Hall–Kier alpha value is -3.35. The maximum Gasteiger partial charge on any atom is 0.277 e. The maximum absolute atomic E-state index is 13.8. The van der Waals surface area contributed by atoms with Crippen LogP contribution in [0.2, 0.25) is 0 Å². The van der Waals surface area contributed by atoms with Crippen molar-refractivity contribution in [3.63, 3.8) is 0 Å². The van der Waals surface area contributed by atoms with Gasteiger partial charge in [-0.15, -0.1) is 0 Å². The van der Waals surface area contributed by atoms with Crippen molar-refractivity contribution >= 4 is 17.5 Å². The van der Waals surface area contributed by atoms with E-state index < -0.39 is 11.1 Å². The van der Waals surface area contributed by atoms with Gasteiger partial charge >= 0.3 is 0 Å². The van der Waals surface area contributed by atoms with Crippen LogP contribution in [-0.2, 0) is 11.3 Å². The summed E-state index contributed by atoms with van der Waals surface area (Å²) >= 11 is 0. The maximum atomic E-state index is 13.8. The van der Waals surface area contributed by atoms with Crippen LogP contribution in [0.15, 0.2) is 47.1 Å². The number of fused-ring (bicyclic) bond motifs is 1. The van der Waals surface area contributed by atoms with Crippen LogP contribution in [0.1, 0.15) is 49.3 Å². The minimum atomic E-state index is -1.16. The number of carbonyl (C=O) groups excluding carboxylic acids is 2. The highest BCUT2D eigenvalue weighted by Crippen LogP contribution is 2.36. The molecule has 0 unspecified atom stereocenters. The fourth-order valence-corrected chi connectivity index (χ4v) is 3.94. The van der Waals surface area contributed by atoms with Crippen LogP contribution < -0.4 is 10.2 Å². The predicted octanol–water partition coefficient (Wildman–Crippen LogP) is 4.09. The summed E-state index contributed by atoms with van der Waals surface area (Å²) in [7, 11) is 0. The van der Waals surface area contributed by atoms with Crippen LogP contribution in [0.5, 0.6) is 0 Å². The van der Waals surface area contributed by atoms with E-state index >= 15 is 0 Å². The molecule has 7 heteroatoms. The topological polar surface area (TPSA) is 80.4 Å². The highest BCUT2D eigenvalue weighted by Gasteiger charge is 2.50. The average Bonchev–Trinajstić information content (AvgIpc) is 3.32. The molecule has 0 saturated carbocycles. The molecule has 1 aromatic carbocycles. The SMILES string of the molecule is Cc1ccc(C)c(N2C(=O)c3cc(-c4ccco4)nn3C[C@@]2(C)C(=O)NC(C)(C)C)c1. The summed E-state index contributed by atoms with van der Waals surface area (Å²) in [5.41, 5.74) is 2.05. The zero-order valence-electron chi connectivity index (χ0n) is 18.8. The predicted molar refractivity (Wildman–Crippen MR) is 119 cm³/mol. The Morgan fingerprint density at radius 1 is 1.19 bits per heavy atom. The molecule has 4 rings (SSSR count). The molecule has 0 fully saturated rings. The van der Waals surface area contributed by atoms with E-state index in [1.54, 1.807) is 41.0 Å². The largest absolute Gasteiger partial charge is 0.463 e. The fraction of sp³-hybridized carbons (Fsp3) is 0.375. The van der Waals surface area contributed by atoms with Crippen molar-refractivity contribution in [2.75, 3.05) is 4.90 Å². The zero-order chi connectivity index (χ0) is 22.6. The minimum Gasteiger partial charge on any atom is -0.463 e. The first kappa shape index (κ1) is 20.9. The number of carbonyl (C=O) groups is 2. The molecule has 162 valence electrons. The van der Waals surface area contributed by atoms with E-state index in [0.29, 0.717) is 17.1 Å². The molecule has 2 amide bonds. The zero-order valence-corrected chi connectivity index (χ0v) is 18.8. The lowest BCUT2D eigenvalue weighted by Crippen LogP contribution is -2.66. The number of nitrogens with zero attached hydrogens (tertiary/aromatic N) is 3. The Kier molecular flexibility index (Phi) is 4.80. The van der Waals surface area contributed by atoms with Crippen molar-refractivity contribution in [3.8, 4) is 11.5 Å². The molecule has 31 heavy (non-hydrogen) atoms. The Balaban J connectivity index is 1.88. The van der Waals surface area contributed by atoms with E-state index in [2.05, 4.69) is 10.4 Å². The first-order chi connectivity index (χ1) is 14.5. The van der Waals surface area contributed by atoms with Crippen LogP contribution >= 0.6 is 0 Å². The molecule has 1 aliphatic rings. The van der Waals surface area contributed by atoms with Gasteiger partial charge in [-0.25, -0.2) is 0 Å². The van der Waals surface area contributed by atoms with E-state index in [4.69, 9.17) is 4.42 Å². The van der Waals surface area contributed by atoms with Crippen molar-refractivity contribution in [1.82, 2.24) is 15.1 Å². The number of aromatic nitrogens is 2. The first-order valence-electron chi connectivity index (χ1n) is 10.4. The molecular formula is C24H28N4O3. The molecule has 0 aliphatic carbocycles. The minimum absolute atomic E-state index is 0.226. The van der Waals surface area contributed by atoms with Crippen LogP contribution in [0.25, 0.3) is 11.5 Å². The van der Waals surface area contributed by atoms with Gasteiger partial charge in [0.2, 0.25) is 5.91 Å². The number of anilines is 1. The lowest BCUT2D eigenvalue weighted by atomic mass is 9.91. The van der Waals surface area contributed by atoms with Gasteiger partial charge in [-0.2, -0.15) is 5.10 Å². The van der Waals surface area contributed by atoms with Gasteiger partial charge in [0, 0.05) is 17.3 Å². The average molecular weight is 421 g/mol. The monoisotopic (exact) mass is 420 g/mol. The summed E-state index contributed by atoms with van der Waals surface area (Å²) in [5, 5.41) is 7.64. The molecule has 2 aromatic heterocycles. The third-order valence-corrected chi connectivity index (χ3v) is 5.51. The van der Waals surface area contributed by atoms with Crippen LogP contribution in [-0.4, -0.2) is 32.7 Å². The van der Waals surface area contributed by atoms with Gasteiger partial charge in [-0.3, -0.25) is 19.2 Å². The summed E-state index contributed by atoms with van der Waals surface area (Å²) in [6.45, 7) is 11.7. The van der Waals surface area contributed by atoms with Gasteiger partial charge in [0.25, 0.3) is 5.91 Å². The number of aryl methyl sites for hydroxylation is 2. The number of amides is 2. The Labute approximate surface area is 182 Å². The number of nitrogens with one attached hydrogen (secondary N) is 1. The van der Waals surface area contributed by atoms with Crippen LogP contribution in [0.4, 0.5) is 5.69 Å². The summed E-state index contributed by atoms with van der Waals surface area (Å²) in [4.78, 5) is 29.0. The summed E-state index contributed by atoms with van der Waals surface area (Å²) in [5.74, 6) is 0.0839. The van der Waals surface area contributed by atoms with Crippen molar-refractivity contribution in [2.45, 2.75) is 59.2 Å². The summed E-state index contributed by atoms with van der Waals surface area (Å²) in [6, 6.07) is 11.2. The van der Waals surface area contributed by atoms with Crippen molar-refractivity contribution in [3.05, 3.63) is 59.5 Å². The molecule has 1 aliphatic heterocycles. The summed E-state index contributed by atoms with van der Waals surface area (Å²) in [6.07, 6.45) is 1.57. The van der Waals surface area contributed by atoms with Crippen molar-refractivity contribution in [1.29, 1.82) is 0 Å². The molecule has 3 aromatic rings. The van der Waals surface area contributed by atoms with Crippen LogP contribution in [0, 0.1) is 13.8 Å². The number of rotatable bonds is 3. The lowest BCUT2D eigenvalue weighted by molar-refractivity contribution is -0.128. The molecule has 0 spiro atoms. The van der Waals surface area contributed by atoms with E-state index in [9.17, 15) is 9.59 Å².